The Labute approximate surface area is 266 Å². The van der Waals surface area contributed by atoms with Crippen molar-refractivity contribution in [2.24, 2.45) is 11.1 Å². The molecule has 1 amide bonds. The molecule has 1 aliphatic carbocycles. The lowest BCUT2D eigenvalue weighted by Crippen LogP contribution is -2.45. The second-order valence-corrected chi connectivity index (χ2v) is 14.0. The van der Waals surface area contributed by atoms with Gasteiger partial charge in [-0.05, 0) is 74.1 Å². The van der Waals surface area contributed by atoms with Crippen molar-refractivity contribution < 1.29 is 13.2 Å². The van der Waals surface area contributed by atoms with E-state index < -0.39 is 21.5 Å². The topological polar surface area (TPSA) is 185 Å². The minimum Gasteiger partial charge on any atom is -0.382 e. The Morgan fingerprint density at radius 2 is 1.84 bits per heavy atom. The van der Waals surface area contributed by atoms with E-state index in [4.69, 9.17) is 28.1 Å². The van der Waals surface area contributed by atoms with E-state index in [1.54, 1.807) is 36.4 Å². The number of nitrogens with zero attached hydrogens (tertiary/aromatic N) is 2. The molecule has 45 heavy (non-hydrogen) atoms. The summed E-state index contributed by atoms with van der Waals surface area (Å²) in [5.74, 6) is 0.779. The lowest BCUT2D eigenvalue weighted by atomic mass is 9.73. The van der Waals surface area contributed by atoms with E-state index in [1.807, 2.05) is 31.2 Å². The summed E-state index contributed by atoms with van der Waals surface area (Å²) >= 11 is 6.70. The highest BCUT2D eigenvalue weighted by atomic mass is 35.5. The van der Waals surface area contributed by atoms with Crippen LogP contribution in [0.25, 0.3) is 22.2 Å². The van der Waals surface area contributed by atoms with E-state index in [-0.39, 0.29) is 16.8 Å². The first-order valence-corrected chi connectivity index (χ1v) is 16.6. The molecule has 2 heterocycles. The van der Waals surface area contributed by atoms with Gasteiger partial charge < -0.3 is 21.8 Å². The Morgan fingerprint density at radius 1 is 1.09 bits per heavy atom. The number of halogens is 1. The zero-order valence-electron chi connectivity index (χ0n) is 24.7. The molecule has 13 heteroatoms. The van der Waals surface area contributed by atoms with Gasteiger partial charge in [0, 0.05) is 28.1 Å². The average molecular weight is 647 g/mol. The molecule has 1 atom stereocenters. The number of carbonyl (C=O) groups is 1. The highest BCUT2D eigenvalue weighted by Crippen LogP contribution is 2.37. The van der Waals surface area contributed by atoms with Crippen LogP contribution in [0.1, 0.15) is 50.0 Å². The number of nitrogen functional groups attached to an aromatic ring is 1. The molecule has 1 saturated carbocycles. The predicted molar refractivity (Wildman–Crippen MR) is 176 cm³/mol. The number of imidazole rings is 1. The fourth-order valence-corrected chi connectivity index (χ4v) is 7.10. The van der Waals surface area contributed by atoms with Crippen LogP contribution in [0.5, 0.6) is 0 Å². The third-order valence-electron chi connectivity index (χ3n) is 8.53. The Morgan fingerprint density at radius 3 is 2.60 bits per heavy atom. The normalized spacial score (nSPS) is 19.3. The van der Waals surface area contributed by atoms with Crippen LogP contribution in [0, 0.1) is 5.41 Å². The smallest absolute Gasteiger partial charge is 0.261 e. The Hall–Kier alpha value is -4.39. The van der Waals surface area contributed by atoms with Gasteiger partial charge in [-0.25, -0.2) is 13.4 Å². The molecule has 1 aliphatic rings. The van der Waals surface area contributed by atoms with Crippen LogP contribution in [0.3, 0.4) is 0 Å². The number of rotatable bonds is 9. The number of amides is 1. The van der Waals surface area contributed by atoms with E-state index in [2.05, 4.69) is 25.2 Å². The van der Waals surface area contributed by atoms with Crippen molar-refractivity contribution in [2.45, 2.75) is 56.0 Å². The first-order valence-electron chi connectivity index (χ1n) is 14.7. The number of hydrogen-bond donors (Lipinski definition) is 6. The van der Waals surface area contributed by atoms with Gasteiger partial charge in [0.1, 0.15) is 16.7 Å². The Kier molecular flexibility index (Phi) is 8.29. The first kappa shape index (κ1) is 30.6. The van der Waals surface area contributed by atoms with Gasteiger partial charge in [0.05, 0.1) is 16.5 Å². The lowest BCUT2D eigenvalue weighted by Gasteiger charge is -2.35. The fourth-order valence-electron chi connectivity index (χ4n) is 5.78. The largest absolute Gasteiger partial charge is 0.382 e. The zero-order valence-corrected chi connectivity index (χ0v) is 26.3. The second kappa shape index (κ2) is 12.2. The number of sulfonamides is 1. The van der Waals surface area contributed by atoms with Gasteiger partial charge in [-0.2, -0.15) is 5.10 Å². The molecule has 1 fully saturated rings. The summed E-state index contributed by atoms with van der Waals surface area (Å²) < 4.78 is 28.6. The number of H-pyrrole nitrogens is 2. The molecule has 234 valence electrons. The average Bonchev–Trinajstić information content (AvgIpc) is 3.60. The standard InChI is InChI=1S/C32H35ClN8O3S/c1-32(14-12-21(34)13-15-32)31(42)36-26(17-19-6-5-7-22(16-19)41-45(43,44)23-8-3-2-4-9-23)30-37-27(28(33)38-30)20-10-11-24-25(18-20)39-40-29(24)35/h2-11,16,18,21,26,41H,12-15,17,34H2,1H3,(H,36,42)(H,37,38)(H3,35,39,40)/t21?,26-,32?/m0/s1. The van der Waals surface area contributed by atoms with E-state index in [1.165, 1.54) is 12.1 Å². The number of aromatic nitrogens is 4. The molecule has 2 aromatic heterocycles. The van der Waals surface area contributed by atoms with Gasteiger partial charge in [-0.1, -0.05) is 54.9 Å². The summed E-state index contributed by atoms with van der Waals surface area (Å²) in [5, 5.41) is 11.3. The van der Waals surface area contributed by atoms with Gasteiger partial charge in [-0.15, -0.1) is 0 Å². The van der Waals surface area contributed by atoms with Crippen LogP contribution in [-0.4, -0.2) is 40.5 Å². The summed E-state index contributed by atoms with van der Waals surface area (Å²) in [6.07, 6.45) is 3.23. The van der Waals surface area contributed by atoms with Crippen LogP contribution in [0.15, 0.2) is 77.7 Å². The Balaban J connectivity index is 1.31. The highest BCUT2D eigenvalue weighted by molar-refractivity contribution is 7.92. The molecule has 0 radical (unpaired) electrons. The lowest BCUT2D eigenvalue weighted by molar-refractivity contribution is -0.132. The summed E-state index contributed by atoms with van der Waals surface area (Å²) in [5.41, 5.74) is 14.7. The quantitative estimate of drug-likeness (QED) is 0.125. The molecule has 0 aliphatic heterocycles. The van der Waals surface area contributed by atoms with Gasteiger partial charge in [0.2, 0.25) is 5.91 Å². The van der Waals surface area contributed by atoms with Crippen molar-refractivity contribution >= 4 is 49.9 Å². The minimum absolute atomic E-state index is 0.0937. The maximum atomic E-state index is 13.8. The number of nitrogens with one attached hydrogen (secondary N) is 4. The summed E-state index contributed by atoms with van der Waals surface area (Å²) in [7, 11) is -3.78. The van der Waals surface area contributed by atoms with Crippen molar-refractivity contribution in [2.75, 3.05) is 10.5 Å². The molecule has 11 nitrogen and oxygen atoms in total. The fraction of sp³-hybridized carbons (Fsp3) is 0.281. The predicted octanol–water partition coefficient (Wildman–Crippen LogP) is 5.30. The monoisotopic (exact) mass is 646 g/mol. The molecule has 0 spiro atoms. The summed E-state index contributed by atoms with van der Waals surface area (Å²) in [6, 6.07) is 20.3. The highest BCUT2D eigenvalue weighted by Gasteiger charge is 2.38. The molecular formula is C32H35ClN8O3S. The van der Waals surface area contributed by atoms with E-state index in [9.17, 15) is 13.2 Å². The second-order valence-electron chi connectivity index (χ2n) is 11.9. The number of fused-ring (bicyclic) bond motifs is 1. The molecule has 5 aromatic rings. The molecular weight excluding hydrogens is 612 g/mol. The van der Waals surface area contributed by atoms with Crippen molar-refractivity contribution in [1.29, 1.82) is 0 Å². The third-order valence-corrected chi connectivity index (χ3v) is 10.2. The molecule has 6 rings (SSSR count). The van der Waals surface area contributed by atoms with Crippen LogP contribution >= 0.6 is 11.6 Å². The van der Waals surface area contributed by atoms with Crippen molar-refractivity contribution in [3.05, 3.63) is 89.3 Å². The number of nitrogens with two attached hydrogens (primary N) is 2. The van der Waals surface area contributed by atoms with Gasteiger partial charge >= 0.3 is 0 Å². The molecule has 8 N–H and O–H groups in total. The van der Waals surface area contributed by atoms with Crippen LogP contribution in [0.2, 0.25) is 5.15 Å². The SMILES string of the molecule is CC1(C(=O)N[C@@H](Cc2cccc(NS(=O)(=O)c3ccccc3)c2)c2nc(-c3ccc4c(N)n[nH]c4c3)c(Cl)[nH]2)CCC(N)CC1. The summed E-state index contributed by atoms with van der Waals surface area (Å²) in [4.78, 5) is 22.0. The van der Waals surface area contributed by atoms with Crippen molar-refractivity contribution in [1.82, 2.24) is 25.5 Å². The number of hydrogen-bond acceptors (Lipinski definition) is 7. The Bertz CT molecular complexity index is 1950. The third kappa shape index (κ3) is 6.53. The first-order chi connectivity index (χ1) is 21.5. The zero-order chi connectivity index (χ0) is 31.8. The minimum atomic E-state index is -3.78. The maximum absolute atomic E-state index is 13.8. The van der Waals surface area contributed by atoms with Gasteiger partial charge in [-0.3, -0.25) is 14.6 Å². The number of aromatic amines is 2. The van der Waals surface area contributed by atoms with E-state index in [0.29, 0.717) is 47.4 Å². The van der Waals surface area contributed by atoms with Gasteiger partial charge in [0.25, 0.3) is 10.0 Å². The summed E-state index contributed by atoms with van der Waals surface area (Å²) in [6.45, 7) is 1.97. The van der Waals surface area contributed by atoms with Crippen LogP contribution < -0.4 is 21.5 Å². The molecule has 3 aromatic carbocycles. The number of carbonyl (C=O) groups excluding carboxylic acids is 1. The van der Waals surface area contributed by atoms with Crippen molar-refractivity contribution in [3.63, 3.8) is 0 Å². The van der Waals surface area contributed by atoms with Crippen LogP contribution in [0.4, 0.5) is 11.5 Å². The van der Waals surface area contributed by atoms with Crippen LogP contribution in [-0.2, 0) is 21.2 Å². The van der Waals surface area contributed by atoms with E-state index >= 15 is 0 Å². The van der Waals surface area contributed by atoms with Crippen molar-refractivity contribution in [3.8, 4) is 11.3 Å². The molecule has 0 bridgehead atoms. The maximum Gasteiger partial charge on any atom is 0.261 e. The number of anilines is 2. The van der Waals surface area contributed by atoms with E-state index in [0.717, 1.165) is 34.9 Å². The number of benzene rings is 3. The molecule has 0 unspecified atom stereocenters. The van der Waals surface area contributed by atoms with Gasteiger partial charge in [0.15, 0.2) is 5.82 Å². The molecule has 0 saturated heterocycles.